The predicted octanol–water partition coefficient (Wildman–Crippen LogP) is 1.51. The van der Waals surface area contributed by atoms with Gasteiger partial charge in [-0.05, 0) is 37.6 Å². The molecule has 3 N–H and O–H groups in total. The Morgan fingerprint density at radius 2 is 1.79 bits per heavy atom. The van der Waals surface area contributed by atoms with Gasteiger partial charge in [0.1, 0.15) is 10.6 Å². The van der Waals surface area contributed by atoms with Crippen molar-refractivity contribution in [2.75, 3.05) is 7.11 Å². The zero-order chi connectivity index (χ0) is 20.9. The summed E-state index contributed by atoms with van der Waals surface area (Å²) >= 11 is 0. The molecule has 0 saturated carbocycles. The minimum atomic E-state index is -4.10. The van der Waals surface area contributed by atoms with Crippen molar-refractivity contribution >= 4 is 21.9 Å². The molecule has 0 saturated heterocycles. The number of hydrogen-bond acceptors (Lipinski definition) is 6. The molecule has 1 unspecified atom stereocenters. The predicted molar refractivity (Wildman–Crippen MR) is 102 cm³/mol. The van der Waals surface area contributed by atoms with E-state index in [9.17, 15) is 18.0 Å². The minimum Gasteiger partial charge on any atom is -0.495 e. The van der Waals surface area contributed by atoms with E-state index >= 15 is 0 Å². The third-order valence-corrected chi connectivity index (χ3v) is 4.88. The highest BCUT2D eigenvalue weighted by Crippen LogP contribution is 2.24. The lowest BCUT2D eigenvalue weighted by atomic mass is 10.1. The van der Waals surface area contributed by atoms with Crippen LogP contribution in [0, 0.1) is 6.92 Å². The number of primary sulfonamides is 1. The van der Waals surface area contributed by atoms with Gasteiger partial charge in [0, 0.05) is 6.54 Å². The van der Waals surface area contributed by atoms with E-state index in [1.807, 2.05) is 31.2 Å². The van der Waals surface area contributed by atoms with Gasteiger partial charge in [-0.2, -0.15) is 0 Å². The third kappa shape index (κ3) is 5.54. The van der Waals surface area contributed by atoms with Gasteiger partial charge in [0.2, 0.25) is 10.0 Å². The number of carbonyl (C=O) groups excluding carboxylic acids is 2. The Hall–Kier alpha value is -2.91. The molecule has 0 aromatic heterocycles. The van der Waals surface area contributed by atoms with Gasteiger partial charge < -0.3 is 14.8 Å². The second kappa shape index (κ2) is 8.85. The van der Waals surface area contributed by atoms with Crippen LogP contribution < -0.4 is 15.2 Å². The van der Waals surface area contributed by atoms with Gasteiger partial charge in [0.25, 0.3) is 5.91 Å². The van der Waals surface area contributed by atoms with Crippen molar-refractivity contribution in [1.82, 2.24) is 5.32 Å². The fourth-order valence-corrected chi connectivity index (χ4v) is 3.07. The van der Waals surface area contributed by atoms with Crippen LogP contribution in [0.3, 0.4) is 0 Å². The van der Waals surface area contributed by atoms with Crippen molar-refractivity contribution in [2.45, 2.75) is 31.4 Å². The maximum absolute atomic E-state index is 12.3. The lowest BCUT2D eigenvalue weighted by Crippen LogP contribution is -2.35. The standard InChI is InChI=1S/C19H22N2O6S/c1-12-4-6-14(7-5-12)11-21-18(22)13(2)27-19(23)15-8-9-16(26-3)17(10-15)28(20,24)25/h4-10,13H,11H2,1-3H3,(H,21,22)(H2,20,24,25). The zero-order valence-corrected chi connectivity index (χ0v) is 16.6. The van der Waals surface area contributed by atoms with E-state index in [1.165, 1.54) is 26.2 Å². The number of benzene rings is 2. The molecule has 28 heavy (non-hydrogen) atoms. The van der Waals surface area contributed by atoms with Gasteiger partial charge in [-0.25, -0.2) is 18.4 Å². The lowest BCUT2D eigenvalue weighted by molar-refractivity contribution is -0.129. The monoisotopic (exact) mass is 406 g/mol. The molecule has 0 aliphatic rings. The van der Waals surface area contributed by atoms with Crippen LogP contribution in [0.25, 0.3) is 0 Å². The van der Waals surface area contributed by atoms with Crippen LogP contribution in [-0.4, -0.2) is 33.5 Å². The van der Waals surface area contributed by atoms with Crippen molar-refractivity contribution in [1.29, 1.82) is 0 Å². The Morgan fingerprint density at radius 1 is 1.14 bits per heavy atom. The minimum absolute atomic E-state index is 0.00272. The summed E-state index contributed by atoms with van der Waals surface area (Å²) in [5, 5.41) is 7.81. The number of amides is 1. The van der Waals surface area contributed by atoms with Crippen molar-refractivity contribution in [3.05, 3.63) is 59.2 Å². The zero-order valence-electron chi connectivity index (χ0n) is 15.8. The first-order valence-electron chi connectivity index (χ1n) is 8.37. The summed E-state index contributed by atoms with van der Waals surface area (Å²) in [7, 11) is -2.82. The van der Waals surface area contributed by atoms with Crippen LogP contribution in [0.1, 0.15) is 28.4 Å². The van der Waals surface area contributed by atoms with E-state index in [0.29, 0.717) is 6.54 Å². The van der Waals surface area contributed by atoms with E-state index in [1.54, 1.807) is 0 Å². The van der Waals surface area contributed by atoms with Gasteiger partial charge in [-0.1, -0.05) is 29.8 Å². The first kappa shape index (κ1) is 21.4. The van der Waals surface area contributed by atoms with Crippen molar-refractivity contribution in [3.63, 3.8) is 0 Å². The molecule has 1 atom stereocenters. The average Bonchev–Trinajstić information content (AvgIpc) is 2.65. The quantitative estimate of drug-likeness (QED) is 0.672. The number of hydrogen-bond donors (Lipinski definition) is 2. The van der Waals surface area contributed by atoms with E-state index in [0.717, 1.165) is 17.2 Å². The Bertz CT molecular complexity index is 970. The number of nitrogens with two attached hydrogens (primary N) is 1. The topological polar surface area (TPSA) is 125 Å². The molecular formula is C19H22N2O6S. The van der Waals surface area contributed by atoms with Gasteiger partial charge in [-0.15, -0.1) is 0 Å². The largest absolute Gasteiger partial charge is 0.495 e. The molecule has 1 amide bonds. The van der Waals surface area contributed by atoms with Crippen LogP contribution in [0.2, 0.25) is 0 Å². The molecule has 0 radical (unpaired) electrons. The molecule has 0 heterocycles. The number of carbonyl (C=O) groups is 2. The first-order valence-corrected chi connectivity index (χ1v) is 9.91. The molecule has 2 rings (SSSR count). The number of ether oxygens (including phenoxy) is 2. The van der Waals surface area contributed by atoms with E-state index < -0.39 is 28.0 Å². The molecule has 9 heteroatoms. The summed E-state index contributed by atoms with van der Waals surface area (Å²) in [6.45, 7) is 3.68. The number of aryl methyl sites for hydroxylation is 1. The molecule has 150 valence electrons. The van der Waals surface area contributed by atoms with Gasteiger partial charge in [-0.3, -0.25) is 4.79 Å². The fourth-order valence-electron chi connectivity index (χ4n) is 2.35. The SMILES string of the molecule is COc1ccc(C(=O)OC(C)C(=O)NCc2ccc(C)cc2)cc1S(N)(=O)=O. The molecule has 0 fully saturated rings. The molecule has 0 spiro atoms. The summed E-state index contributed by atoms with van der Waals surface area (Å²) in [4.78, 5) is 24.1. The number of methoxy groups -OCH3 is 1. The average molecular weight is 406 g/mol. The number of sulfonamides is 1. The summed E-state index contributed by atoms with van der Waals surface area (Å²) in [5.74, 6) is -1.33. The molecule has 8 nitrogen and oxygen atoms in total. The van der Waals surface area contributed by atoms with E-state index in [-0.39, 0.29) is 16.2 Å². The molecule has 0 aliphatic carbocycles. The normalized spacial score (nSPS) is 12.1. The summed E-state index contributed by atoms with van der Waals surface area (Å²) in [5.41, 5.74) is 1.95. The molecular weight excluding hydrogens is 384 g/mol. The highest BCUT2D eigenvalue weighted by atomic mass is 32.2. The summed E-state index contributed by atoms with van der Waals surface area (Å²) in [6.07, 6.45) is -1.07. The second-order valence-corrected chi connectivity index (χ2v) is 7.69. The summed E-state index contributed by atoms with van der Waals surface area (Å²) < 4.78 is 33.3. The number of esters is 1. The van der Waals surface area contributed by atoms with Gasteiger partial charge in [0.05, 0.1) is 12.7 Å². The maximum atomic E-state index is 12.3. The Morgan fingerprint density at radius 3 is 2.36 bits per heavy atom. The second-order valence-electron chi connectivity index (χ2n) is 6.16. The fraction of sp³-hybridized carbons (Fsp3) is 0.263. The van der Waals surface area contributed by atoms with Crippen LogP contribution in [-0.2, 0) is 26.1 Å². The maximum Gasteiger partial charge on any atom is 0.338 e. The molecule has 2 aromatic carbocycles. The molecule has 0 aliphatic heterocycles. The third-order valence-electron chi connectivity index (χ3n) is 3.95. The van der Waals surface area contributed by atoms with Gasteiger partial charge >= 0.3 is 5.97 Å². The smallest absolute Gasteiger partial charge is 0.338 e. The lowest BCUT2D eigenvalue weighted by Gasteiger charge is -2.14. The van der Waals surface area contributed by atoms with E-state index in [4.69, 9.17) is 14.6 Å². The Kier molecular flexibility index (Phi) is 6.76. The van der Waals surface area contributed by atoms with Crippen molar-refractivity contribution < 1.29 is 27.5 Å². The van der Waals surface area contributed by atoms with Crippen LogP contribution in [0.5, 0.6) is 5.75 Å². The number of rotatable bonds is 7. The molecule has 0 bridgehead atoms. The van der Waals surface area contributed by atoms with Crippen LogP contribution in [0.4, 0.5) is 0 Å². The van der Waals surface area contributed by atoms with E-state index in [2.05, 4.69) is 5.32 Å². The Labute approximate surface area is 163 Å². The van der Waals surface area contributed by atoms with Crippen molar-refractivity contribution in [2.24, 2.45) is 5.14 Å². The number of nitrogens with one attached hydrogen (secondary N) is 1. The highest BCUT2D eigenvalue weighted by Gasteiger charge is 2.22. The molecule has 2 aromatic rings. The van der Waals surface area contributed by atoms with Crippen LogP contribution >= 0.6 is 0 Å². The Balaban J connectivity index is 2.03. The van der Waals surface area contributed by atoms with Crippen molar-refractivity contribution in [3.8, 4) is 5.75 Å². The summed E-state index contributed by atoms with van der Waals surface area (Å²) in [6, 6.07) is 11.3. The first-order chi connectivity index (χ1) is 13.1. The highest BCUT2D eigenvalue weighted by molar-refractivity contribution is 7.89. The van der Waals surface area contributed by atoms with Crippen LogP contribution in [0.15, 0.2) is 47.4 Å². The van der Waals surface area contributed by atoms with Gasteiger partial charge in [0.15, 0.2) is 6.10 Å².